The Balaban J connectivity index is 3.10. The van der Waals surface area contributed by atoms with Gasteiger partial charge >= 0.3 is 5.97 Å². The summed E-state index contributed by atoms with van der Waals surface area (Å²) in [6.07, 6.45) is 23.5. The molecule has 0 aliphatic carbocycles. The predicted molar refractivity (Wildman–Crippen MR) is 115 cm³/mol. The number of hydrogen-bond acceptors (Lipinski definition) is 3. The van der Waals surface area contributed by atoms with Gasteiger partial charge in [0.05, 0.1) is 7.11 Å². The van der Waals surface area contributed by atoms with Gasteiger partial charge in [-0.05, 0) is 19.3 Å². The molecule has 3 heteroatoms. The average molecular weight is 383 g/mol. The summed E-state index contributed by atoms with van der Waals surface area (Å²) in [5.41, 5.74) is 0. The molecule has 0 aromatic carbocycles. The Bertz CT molecular complexity index is 339. The van der Waals surface area contributed by atoms with Crippen LogP contribution in [-0.2, 0) is 14.3 Å². The van der Waals surface area contributed by atoms with E-state index >= 15 is 0 Å². The zero-order valence-electron chi connectivity index (χ0n) is 18.4. The van der Waals surface area contributed by atoms with E-state index in [4.69, 9.17) is 0 Å². The van der Waals surface area contributed by atoms with Crippen molar-refractivity contribution in [1.29, 1.82) is 0 Å². The normalized spacial score (nSPS) is 10.9. The molecule has 0 spiro atoms. The molecule has 0 unspecified atom stereocenters. The van der Waals surface area contributed by atoms with Crippen molar-refractivity contribution >= 4 is 11.8 Å². The SMILES string of the molecule is CCCCCC(=O)CCCCCCCCCCCCCCCCC(=O)OC. The van der Waals surface area contributed by atoms with E-state index in [-0.39, 0.29) is 5.97 Å². The van der Waals surface area contributed by atoms with Gasteiger partial charge in [-0.3, -0.25) is 9.59 Å². The first-order valence-electron chi connectivity index (χ1n) is 11.8. The van der Waals surface area contributed by atoms with Crippen molar-refractivity contribution in [2.75, 3.05) is 7.11 Å². The number of carbonyl (C=O) groups is 2. The number of carbonyl (C=O) groups excluding carboxylic acids is 2. The second-order valence-electron chi connectivity index (χ2n) is 8.02. The lowest BCUT2D eigenvalue weighted by Crippen LogP contribution is -1.99. The van der Waals surface area contributed by atoms with E-state index in [2.05, 4.69) is 11.7 Å². The molecule has 0 aliphatic rings. The minimum Gasteiger partial charge on any atom is -0.469 e. The van der Waals surface area contributed by atoms with Crippen LogP contribution in [0, 0.1) is 0 Å². The molecule has 0 fully saturated rings. The second-order valence-corrected chi connectivity index (χ2v) is 8.02. The molecule has 0 saturated carbocycles. The Kier molecular flexibility index (Phi) is 20.8. The molecule has 0 aromatic heterocycles. The van der Waals surface area contributed by atoms with Crippen molar-refractivity contribution in [2.45, 2.75) is 135 Å². The summed E-state index contributed by atoms with van der Waals surface area (Å²) in [7, 11) is 1.46. The molecular formula is C24H46O3. The van der Waals surface area contributed by atoms with Crippen LogP contribution in [0.2, 0.25) is 0 Å². The summed E-state index contributed by atoms with van der Waals surface area (Å²) >= 11 is 0. The molecule has 0 atom stereocenters. The van der Waals surface area contributed by atoms with Gasteiger partial charge in [0.2, 0.25) is 0 Å². The highest BCUT2D eigenvalue weighted by Gasteiger charge is 2.01. The molecule has 0 aliphatic heterocycles. The van der Waals surface area contributed by atoms with Gasteiger partial charge in [-0.1, -0.05) is 96.8 Å². The minimum absolute atomic E-state index is 0.0779. The van der Waals surface area contributed by atoms with Crippen molar-refractivity contribution < 1.29 is 14.3 Å². The van der Waals surface area contributed by atoms with E-state index in [1.54, 1.807) is 0 Å². The molecule has 3 nitrogen and oxygen atoms in total. The van der Waals surface area contributed by atoms with Gasteiger partial charge in [0, 0.05) is 19.3 Å². The number of ketones is 1. The molecule has 0 rings (SSSR count). The summed E-state index contributed by atoms with van der Waals surface area (Å²) in [6.45, 7) is 2.18. The highest BCUT2D eigenvalue weighted by atomic mass is 16.5. The lowest BCUT2D eigenvalue weighted by Gasteiger charge is -2.04. The Labute approximate surface area is 169 Å². The van der Waals surface area contributed by atoms with Gasteiger partial charge in [-0.25, -0.2) is 0 Å². The first-order valence-corrected chi connectivity index (χ1v) is 11.8. The number of hydrogen-bond donors (Lipinski definition) is 0. The van der Waals surface area contributed by atoms with E-state index in [9.17, 15) is 9.59 Å². The Morgan fingerprint density at radius 3 is 1.22 bits per heavy atom. The summed E-state index contributed by atoms with van der Waals surface area (Å²) in [6, 6.07) is 0. The summed E-state index contributed by atoms with van der Waals surface area (Å²) < 4.78 is 4.64. The topological polar surface area (TPSA) is 43.4 Å². The third-order valence-corrected chi connectivity index (χ3v) is 5.37. The van der Waals surface area contributed by atoms with Crippen LogP contribution in [0.15, 0.2) is 0 Å². The van der Waals surface area contributed by atoms with Gasteiger partial charge in [0.15, 0.2) is 0 Å². The minimum atomic E-state index is -0.0779. The average Bonchev–Trinajstić information content (AvgIpc) is 2.67. The van der Waals surface area contributed by atoms with Crippen LogP contribution < -0.4 is 0 Å². The van der Waals surface area contributed by atoms with Crippen LogP contribution in [-0.4, -0.2) is 18.9 Å². The van der Waals surface area contributed by atoms with Crippen molar-refractivity contribution in [1.82, 2.24) is 0 Å². The number of unbranched alkanes of at least 4 members (excludes halogenated alkanes) is 15. The third-order valence-electron chi connectivity index (χ3n) is 5.37. The Hall–Kier alpha value is -0.860. The first-order chi connectivity index (χ1) is 13.2. The second kappa shape index (κ2) is 21.4. The molecular weight excluding hydrogens is 336 g/mol. The Morgan fingerprint density at radius 1 is 0.519 bits per heavy atom. The zero-order valence-corrected chi connectivity index (χ0v) is 18.4. The van der Waals surface area contributed by atoms with Crippen LogP contribution in [0.25, 0.3) is 0 Å². The standard InChI is InChI=1S/C24H46O3/c1-3-4-17-20-23(25)21-18-15-13-11-9-7-5-6-8-10-12-14-16-19-22-24(26)27-2/h3-22H2,1-2H3. The monoisotopic (exact) mass is 382 g/mol. The van der Waals surface area contributed by atoms with E-state index < -0.39 is 0 Å². The predicted octanol–water partition coefficient (Wildman–Crippen LogP) is 7.55. The highest BCUT2D eigenvalue weighted by molar-refractivity contribution is 5.78. The Morgan fingerprint density at radius 2 is 0.852 bits per heavy atom. The smallest absolute Gasteiger partial charge is 0.305 e. The summed E-state index contributed by atoms with van der Waals surface area (Å²) in [4.78, 5) is 22.7. The van der Waals surface area contributed by atoms with Crippen molar-refractivity contribution in [3.63, 3.8) is 0 Å². The molecule has 0 amide bonds. The lowest BCUT2D eigenvalue weighted by molar-refractivity contribution is -0.140. The van der Waals surface area contributed by atoms with Gasteiger partial charge < -0.3 is 4.74 Å². The highest BCUT2D eigenvalue weighted by Crippen LogP contribution is 2.14. The van der Waals surface area contributed by atoms with Gasteiger partial charge in [0.1, 0.15) is 5.78 Å². The van der Waals surface area contributed by atoms with Crippen LogP contribution in [0.5, 0.6) is 0 Å². The molecule has 0 radical (unpaired) electrons. The van der Waals surface area contributed by atoms with Crippen LogP contribution in [0.4, 0.5) is 0 Å². The van der Waals surface area contributed by atoms with Crippen LogP contribution in [0.3, 0.4) is 0 Å². The fourth-order valence-electron chi connectivity index (χ4n) is 3.51. The maximum absolute atomic E-state index is 11.7. The number of rotatable bonds is 21. The van der Waals surface area contributed by atoms with E-state index in [0.29, 0.717) is 12.2 Å². The van der Waals surface area contributed by atoms with Gasteiger partial charge in [0.25, 0.3) is 0 Å². The molecule has 160 valence electrons. The maximum Gasteiger partial charge on any atom is 0.305 e. The fraction of sp³-hybridized carbons (Fsp3) is 0.917. The maximum atomic E-state index is 11.7. The quantitative estimate of drug-likeness (QED) is 0.152. The molecule has 0 bridgehead atoms. The lowest BCUT2D eigenvalue weighted by atomic mass is 10.0. The fourth-order valence-corrected chi connectivity index (χ4v) is 3.51. The van der Waals surface area contributed by atoms with E-state index in [1.807, 2.05) is 0 Å². The van der Waals surface area contributed by atoms with E-state index in [0.717, 1.165) is 38.5 Å². The van der Waals surface area contributed by atoms with Crippen molar-refractivity contribution in [2.24, 2.45) is 0 Å². The van der Waals surface area contributed by atoms with Crippen molar-refractivity contribution in [3.05, 3.63) is 0 Å². The summed E-state index contributed by atoms with van der Waals surface area (Å²) in [5.74, 6) is 0.401. The third kappa shape index (κ3) is 21.3. The van der Waals surface area contributed by atoms with Crippen LogP contribution >= 0.6 is 0 Å². The largest absolute Gasteiger partial charge is 0.469 e. The number of methoxy groups -OCH3 is 1. The number of Topliss-reactive ketones (excluding diaryl/α,β-unsaturated/α-hetero) is 1. The molecule has 0 saturated heterocycles. The molecule has 0 heterocycles. The zero-order chi connectivity index (χ0) is 20.0. The molecule has 0 aromatic rings. The first kappa shape index (κ1) is 26.1. The van der Waals surface area contributed by atoms with E-state index in [1.165, 1.54) is 90.6 Å². The van der Waals surface area contributed by atoms with Gasteiger partial charge in [-0.2, -0.15) is 0 Å². The number of ether oxygens (including phenoxy) is 1. The van der Waals surface area contributed by atoms with Crippen molar-refractivity contribution in [3.8, 4) is 0 Å². The molecule has 0 N–H and O–H groups in total. The molecule has 27 heavy (non-hydrogen) atoms. The number of esters is 1. The van der Waals surface area contributed by atoms with Crippen LogP contribution in [0.1, 0.15) is 135 Å². The van der Waals surface area contributed by atoms with Gasteiger partial charge in [-0.15, -0.1) is 0 Å². The summed E-state index contributed by atoms with van der Waals surface area (Å²) in [5, 5.41) is 0.